The fourth-order valence-corrected chi connectivity index (χ4v) is 5.77. The zero-order valence-electron chi connectivity index (χ0n) is 20.9. The van der Waals surface area contributed by atoms with Crippen molar-refractivity contribution >= 4 is 34.9 Å². The van der Waals surface area contributed by atoms with Crippen LogP contribution < -0.4 is 5.32 Å². The molecule has 2 heterocycles. The molecule has 6 rings (SSSR count). The third-order valence-electron chi connectivity index (χ3n) is 6.92. The smallest absolute Gasteiger partial charge is 0.214 e. The summed E-state index contributed by atoms with van der Waals surface area (Å²) in [6.07, 6.45) is 1.22. The molecule has 5 aromatic rings. The van der Waals surface area contributed by atoms with Crippen LogP contribution in [0.15, 0.2) is 102 Å². The zero-order valence-corrected chi connectivity index (χ0v) is 22.6. The molecule has 0 spiro atoms. The lowest BCUT2D eigenvalue weighted by atomic mass is 9.87. The van der Waals surface area contributed by atoms with Gasteiger partial charge >= 0.3 is 0 Å². The lowest BCUT2D eigenvalue weighted by Crippen LogP contribution is -2.40. The number of thioether (sulfide) groups is 1. The van der Waals surface area contributed by atoms with E-state index in [-0.39, 0.29) is 18.5 Å². The molecule has 0 amide bonds. The first-order valence-corrected chi connectivity index (χ1v) is 13.7. The first-order chi connectivity index (χ1) is 18.3. The number of aromatic nitrogens is 4. The van der Waals surface area contributed by atoms with E-state index in [1.807, 2.05) is 30.3 Å². The van der Waals surface area contributed by atoms with E-state index in [1.54, 1.807) is 16.4 Å². The van der Waals surface area contributed by atoms with E-state index >= 15 is 0 Å². The summed E-state index contributed by atoms with van der Waals surface area (Å²) in [7, 11) is 0. The van der Waals surface area contributed by atoms with Crippen LogP contribution in [0, 0.1) is 0 Å². The Labute approximate surface area is 233 Å². The Morgan fingerprint density at radius 2 is 1.63 bits per heavy atom. The summed E-state index contributed by atoms with van der Waals surface area (Å²) in [6, 6.07) is 34.0. The van der Waals surface area contributed by atoms with Gasteiger partial charge in [-0.3, -0.25) is 0 Å². The molecule has 1 saturated heterocycles. The average molecular weight is 544 g/mol. The molecule has 0 bridgehead atoms. The monoisotopic (exact) mass is 543 g/mol. The molecule has 1 fully saturated rings. The molecule has 6 nitrogen and oxygen atoms in total. The normalized spacial score (nSPS) is 17.3. The summed E-state index contributed by atoms with van der Waals surface area (Å²) in [4.78, 5) is 0. The number of halogens is 1. The average Bonchev–Trinajstić information content (AvgIpc) is 3.45. The van der Waals surface area contributed by atoms with Crippen molar-refractivity contribution < 1.29 is 4.74 Å². The number of nitrogens with zero attached hydrogens (tertiary/aromatic N) is 4. The molecule has 38 heavy (non-hydrogen) atoms. The van der Waals surface area contributed by atoms with Gasteiger partial charge in [0, 0.05) is 18.2 Å². The number of fused-ring (bicyclic) bond motifs is 1. The molecule has 1 aromatic heterocycles. The molecule has 4 aromatic carbocycles. The number of hydrogen-bond acceptors (Lipinski definition) is 6. The second-order valence-corrected chi connectivity index (χ2v) is 10.3. The number of tetrazole rings is 1. The summed E-state index contributed by atoms with van der Waals surface area (Å²) >= 11 is 1.64. The molecule has 2 atom stereocenters. The summed E-state index contributed by atoms with van der Waals surface area (Å²) < 4.78 is 8.26. The molecule has 0 saturated carbocycles. The highest BCUT2D eigenvalue weighted by Gasteiger charge is 2.27. The number of piperidine rings is 1. The number of para-hydroxylation sites is 1. The number of ether oxygens (including phenoxy) is 1. The van der Waals surface area contributed by atoms with Crippen LogP contribution in [0.1, 0.15) is 29.0 Å². The maximum atomic E-state index is 6.48. The number of rotatable bonds is 8. The summed E-state index contributed by atoms with van der Waals surface area (Å²) in [5, 5.41) is 19.1. The van der Waals surface area contributed by atoms with Crippen molar-refractivity contribution in [1.82, 2.24) is 25.5 Å². The Kier molecular flexibility index (Phi) is 8.71. The van der Waals surface area contributed by atoms with Crippen molar-refractivity contribution in [1.29, 1.82) is 0 Å². The van der Waals surface area contributed by atoms with Crippen LogP contribution in [0.25, 0.3) is 16.5 Å². The van der Waals surface area contributed by atoms with Crippen LogP contribution in [-0.2, 0) is 17.1 Å². The Balaban J connectivity index is 0.00000294. The van der Waals surface area contributed by atoms with E-state index in [1.165, 1.54) is 27.5 Å². The van der Waals surface area contributed by atoms with Crippen LogP contribution in [0.3, 0.4) is 0 Å². The van der Waals surface area contributed by atoms with Gasteiger partial charge in [0.25, 0.3) is 0 Å². The van der Waals surface area contributed by atoms with Crippen LogP contribution in [0.5, 0.6) is 0 Å². The Morgan fingerprint density at radius 3 is 2.47 bits per heavy atom. The van der Waals surface area contributed by atoms with E-state index in [9.17, 15) is 0 Å². The minimum Gasteiger partial charge on any atom is -0.372 e. The SMILES string of the molecule is Cl.c1ccc(-n2nnnc2SCc2ccc(C3CCNCC3OCc3ccc4ccccc4c3)cc2)cc1. The number of benzene rings is 4. The van der Waals surface area contributed by atoms with E-state index in [4.69, 9.17) is 4.74 Å². The molecule has 1 aliphatic rings. The second kappa shape index (κ2) is 12.5. The largest absolute Gasteiger partial charge is 0.372 e. The zero-order chi connectivity index (χ0) is 24.9. The van der Waals surface area contributed by atoms with E-state index < -0.39 is 0 Å². The van der Waals surface area contributed by atoms with Gasteiger partial charge in [-0.1, -0.05) is 90.6 Å². The molecule has 0 radical (unpaired) electrons. The molecule has 1 N–H and O–H groups in total. The quantitative estimate of drug-likeness (QED) is 0.235. The predicted octanol–water partition coefficient (Wildman–Crippen LogP) is 6.19. The van der Waals surface area contributed by atoms with Crippen LogP contribution >= 0.6 is 24.2 Å². The first kappa shape index (κ1) is 26.4. The van der Waals surface area contributed by atoms with Gasteiger partial charge < -0.3 is 10.1 Å². The standard InChI is InChI=1S/C30H29N5OS.ClH/c1-2-8-27(9-3-1)35-30(32-33-34-35)37-21-22-10-14-25(15-11-22)28-16-17-31-19-29(28)36-20-23-12-13-24-6-4-5-7-26(24)18-23;/h1-15,18,28-29,31H,16-17,19-21H2;1H. The van der Waals surface area contributed by atoms with Crippen LogP contribution in [0.2, 0.25) is 0 Å². The molecule has 2 unspecified atom stereocenters. The molecule has 1 aliphatic heterocycles. The van der Waals surface area contributed by atoms with Crippen molar-refractivity contribution in [3.05, 3.63) is 114 Å². The van der Waals surface area contributed by atoms with Crippen molar-refractivity contribution in [2.45, 2.75) is 36.0 Å². The minimum absolute atomic E-state index is 0. The highest BCUT2D eigenvalue weighted by Crippen LogP contribution is 2.30. The van der Waals surface area contributed by atoms with Gasteiger partial charge in [0.1, 0.15) is 0 Å². The van der Waals surface area contributed by atoms with E-state index in [0.29, 0.717) is 12.5 Å². The third-order valence-corrected chi connectivity index (χ3v) is 7.91. The highest BCUT2D eigenvalue weighted by molar-refractivity contribution is 7.98. The Bertz CT molecular complexity index is 1460. The third kappa shape index (κ3) is 6.08. The van der Waals surface area contributed by atoms with Gasteiger partial charge in [-0.2, -0.15) is 4.68 Å². The maximum absolute atomic E-state index is 6.48. The van der Waals surface area contributed by atoms with Crippen molar-refractivity contribution in [2.24, 2.45) is 0 Å². The molecular weight excluding hydrogens is 514 g/mol. The summed E-state index contributed by atoms with van der Waals surface area (Å²) in [6.45, 7) is 2.51. The van der Waals surface area contributed by atoms with E-state index in [2.05, 4.69) is 87.6 Å². The summed E-state index contributed by atoms with van der Waals surface area (Å²) in [5.41, 5.74) is 4.77. The van der Waals surface area contributed by atoms with Crippen molar-refractivity contribution in [3.63, 3.8) is 0 Å². The van der Waals surface area contributed by atoms with Gasteiger partial charge in [-0.05, 0) is 69.1 Å². The number of hydrogen-bond donors (Lipinski definition) is 1. The second-order valence-electron chi connectivity index (χ2n) is 9.37. The van der Waals surface area contributed by atoms with Crippen molar-refractivity contribution in [3.8, 4) is 5.69 Å². The lowest BCUT2D eigenvalue weighted by molar-refractivity contribution is 0.0106. The van der Waals surface area contributed by atoms with E-state index in [0.717, 1.165) is 36.1 Å². The first-order valence-electron chi connectivity index (χ1n) is 12.7. The Morgan fingerprint density at radius 1 is 0.868 bits per heavy atom. The van der Waals surface area contributed by atoms with Crippen molar-refractivity contribution in [2.75, 3.05) is 13.1 Å². The predicted molar refractivity (Wildman–Crippen MR) is 155 cm³/mol. The van der Waals surface area contributed by atoms with Gasteiger partial charge in [-0.25, -0.2) is 0 Å². The van der Waals surface area contributed by atoms with Gasteiger partial charge in [0.2, 0.25) is 5.16 Å². The summed E-state index contributed by atoms with van der Waals surface area (Å²) in [5.74, 6) is 1.19. The van der Waals surface area contributed by atoms with Gasteiger partial charge in [0.05, 0.1) is 18.4 Å². The van der Waals surface area contributed by atoms with Gasteiger partial charge in [0.15, 0.2) is 0 Å². The maximum Gasteiger partial charge on any atom is 0.214 e. The fraction of sp³-hybridized carbons (Fsp3) is 0.233. The highest BCUT2D eigenvalue weighted by atomic mass is 35.5. The van der Waals surface area contributed by atoms with Gasteiger partial charge in [-0.15, -0.1) is 17.5 Å². The molecule has 8 heteroatoms. The lowest BCUT2D eigenvalue weighted by Gasteiger charge is -2.32. The molecular formula is C30H30ClN5OS. The fourth-order valence-electron chi connectivity index (χ4n) is 4.93. The topological polar surface area (TPSA) is 64.9 Å². The molecule has 0 aliphatic carbocycles. The molecule has 194 valence electrons. The Hall–Kier alpha value is -3.23. The van der Waals surface area contributed by atoms with Crippen LogP contribution in [-0.4, -0.2) is 39.4 Å². The minimum atomic E-state index is 0. The van der Waals surface area contributed by atoms with Crippen LogP contribution in [0.4, 0.5) is 0 Å². The number of nitrogens with one attached hydrogen (secondary N) is 1.